The van der Waals surface area contributed by atoms with E-state index in [9.17, 15) is 13.6 Å². The molecular weight excluding hydrogens is 166 g/mol. The lowest BCUT2D eigenvalue weighted by Gasteiger charge is -2.11. The van der Waals surface area contributed by atoms with Crippen LogP contribution in [-0.2, 0) is 4.74 Å². The molecule has 0 atom stereocenters. The first-order valence-corrected chi connectivity index (χ1v) is 3.06. The minimum atomic E-state index is -2.95. The third-order valence-corrected chi connectivity index (χ3v) is 1.02. The van der Waals surface area contributed by atoms with Crippen LogP contribution in [0, 0.1) is 0 Å². The highest BCUT2D eigenvalue weighted by Crippen LogP contribution is 2.17. The maximum atomic E-state index is 12.2. The zero-order chi connectivity index (χ0) is 8.20. The van der Waals surface area contributed by atoms with Crippen LogP contribution < -0.4 is 0 Å². The van der Waals surface area contributed by atoms with Crippen molar-refractivity contribution < 1.29 is 18.3 Å². The Hall–Kier alpha value is -0.380. The van der Waals surface area contributed by atoms with Crippen molar-refractivity contribution in [2.45, 2.75) is 19.3 Å². The van der Waals surface area contributed by atoms with E-state index >= 15 is 0 Å². The van der Waals surface area contributed by atoms with Crippen LogP contribution in [0.2, 0.25) is 0 Å². The highest BCUT2D eigenvalue weighted by atomic mass is 35.5. The molecule has 10 heavy (non-hydrogen) atoms. The molecule has 0 aromatic carbocycles. The Labute approximate surface area is 62.1 Å². The second kappa shape index (κ2) is 3.71. The predicted octanol–water partition coefficient (Wildman–Crippen LogP) is 2.41. The van der Waals surface area contributed by atoms with Gasteiger partial charge in [-0.2, -0.15) is 0 Å². The van der Waals surface area contributed by atoms with Crippen molar-refractivity contribution in [1.82, 2.24) is 0 Å². The SMILES string of the molecule is CCC(F)(F)COC(=O)Cl. The summed E-state index contributed by atoms with van der Waals surface area (Å²) in [6, 6.07) is 0. The fourth-order valence-corrected chi connectivity index (χ4v) is 0.319. The van der Waals surface area contributed by atoms with Gasteiger partial charge in [0.15, 0.2) is 6.61 Å². The van der Waals surface area contributed by atoms with Crippen molar-refractivity contribution in [2.75, 3.05) is 6.61 Å². The summed E-state index contributed by atoms with van der Waals surface area (Å²) in [6.45, 7) is 0.355. The number of alkyl halides is 2. The summed E-state index contributed by atoms with van der Waals surface area (Å²) in [6.07, 6.45) is -0.364. The van der Waals surface area contributed by atoms with E-state index in [1.54, 1.807) is 0 Å². The van der Waals surface area contributed by atoms with Crippen LogP contribution in [0.5, 0.6) is 0 Å². The highest BCUT2D eigenvalue weighted by Gasteiger charge is 2.27. The molecule has 0 N–H and O–H groups in total. The van der Waals surface area contributed by atoms with E-state index in [1.165, 1.54) is 6.92 Å². The topological polar surface area (TPSA) is 26.3 Å². The third kappa shape index (κ3) is 4.49. The lowest BCUT2D eigenvalue weighted by Crippen LogP contribution is -2.22. The molecule has 0 saturated carbocycles. The summed E-state index contributed by atoms with van der Waals surface area (Å²) < 4.78 is 28.2. The molecule has 0 unspecified atom stereocenters. The first-order chi connectivity index (χ1) is 4.48. The molecule has 0 rings (SSSR count). The lowest BCUT2D eigenvalue weighted by atomic mass is 10.3. The van der Waals surface area contributed by atoms with Crippen molar-refractivity contribution in [3.05, 3.63) is 0 Å². The van der Waals surface area contributed by atoms with E-state index in [0.29, 0.717) is 0 Å². The maximum Gasteiger partial charge on any atom is 0.403 e. The molecule has 5 heteroatoms. The van der Waals surface area contributed by atoms with Gasteiger partial charge in [0, 0.05) is 18.0 Å². The molecule has 0 aliphatic rings. The monoisotopic (exact) mass is 172 g/mol. The molecule has 60 valence electrons. The smallest absolute Gasteiger partial charge is 0.403 e. The Bertz CT molecular complexity index is 127. The van der Waals surface area contributed by atoms with Gasteiger partial charge in [0.1, 0.15) is 0 Å². The van der Waals surface area contributed by atoms with Crippen LogP contribution in [-0.4, -0.2) is 18.0 Å². The summed E-state index contributed by atoms with van der Waals surface area (Å²) in [7, 11) is 0. The van der Waals surface area contributed by atoms with Crippen molar-refractivity contribution in [2.24, 2.45) is 0 Å². The van der Waals surface area contributed by atoms with E-state index in [-0.39, 0.29) is 6.42 Å². The molecule has 0 aliphatic heterocycles. The van der Waals surface area contributed by atoms with Gasteiger partial charge in [0.05, 0.1) is 0 Å². The average molecular weight is 173 g/mol. The molecule has 0 heterocycles. The number of halogens is 3. The first-order valence-electron chi connectivity index (χ1n) is 2.68. The van der Waals surface area contributed by atoms with Crippen molar-refractivity contribution in [1.29, 1.82) is 0 Å². The van der Waals surface area contributed by atoms with E-state index < -0.39 is 18.0 Å². The van der Waals surface area contributed by atoms with Crippen LogP contribution in [0.4, 0.5) is 13.6 Å². The minimum Gasteiger partial charge on any atom is -0.447 e. The number of rotatable bonds is 3. The number of hydrogen-bond acceptors (Lipinski definition) is 2. The zero-order valence-electron chi connectivity index (χ0n) is 5.36. The number of carbonyl (C=O) groups is 1. The second-order valence-electron chi connectivity index (χ2n) is 1.74. The molecule has 0 radical (unpaired) electrons. The molecule has 0 aromatic rings. The molecule has 0 aliphatic carbocycles. The first kappa shape index (κ1) is 9.62. The largest absolute Gasteiger partial charge is 0.447 e. The van der Waals surface area contributed by atoms with Gasteiger partial charge in [-0.3, -0.25) is 0 Å². The van der Waals surface area contributed by atoms with Crippen LogP contribution in [0.15, 0.2) is 0 Å². The van der Waals surface area contributed by atoms with Gasteiger partial charge in [-0.15, -0.1) is 0 Å². The number of hydrogen-bond donors (Lipinski definition) is 0. The van der Waals surface area contributed by atoms with E-state index in [0.717, 1.165) is 0 Å². The molecule has 0 bridgehead atoms. The van der Waals surface area contributed by atoms with E-state index in [1.807, 2.05) is 0 Å². The van der Waals surface area contributed by atoms with Crippen molar-refractivity contribution in [3.8, 4) is 0 Å². The molecule has 0 saturated heterocycles. The Kier molecular flexibility index (Phi) is 3.57. The van der Waals surface area contributed by atoms with Crippen LogP contribution in [0.25, 0.3) is 0 Å². The Balaban J connectivity index is 3.56. The average Bonchev–Trinajstić information content (AvgIpc) is 1.85. The predicted molar refractivity (Wildman–Crippen MR) is 32.4 cm³/mol. The van der Waals surface area contributed by atoms with Gasteiger partial charge in [0.2, 0.25) is 0 Å². The molecule has 0 aromatic heterocycles. The zero-order valence-corrected chi connectivity index (χ0v) is 6.12. The maximum absolute atomic E-state index is 12.2. The van der Waals surface area contributed by atoms with Gasteiger partial charge in [-0.25, -0.2) is 13.6 Å². The fourth-order valence-electron chi connectivity index (χ4n) is 0.264. The highest BCUT2D eigenvalue weighted by molar-refractivity contribution is 6.61. The molecule has 0 spiro atoms. The fraction of sp³-hybridized carbons (Fsp3) is 0.800. The Morgan fingerprint density at radius 1 is 1.70 bits per heavy atom. The number of carbonyl (C=O) groups excluding carboxylic acids is 1. The van der Waals surface area contributed by atoms with Gasteiger partial charge in [-0.05, 0) is 0 Å². The third-order valence-electron chi connectivity index (χ3n) is 0.914. The van der Waals surface area contributed by atoms with Crippen molar-refractivity contribution >= 4 is 17.0 Å². The summed E-state index contributed by atoms with van der Waals surface area (Å²) in [5.74, 6) is -2.95. The Morgan fingerprint density at radius 3 is 2.50 bits per heavy atom. The van der Waals surface area contributed by atoms with Gasteiger partial charge in [-0.1, -0.05) is 6.92 Å². The number of ether oxygens (including phenoxy) is 1. The molecule has 0 fully saturated rings. The molecular formula is C5H7ClF2O2. The summed E-state index contributed by atoms with van der Waals surface area (Å²) in [5.41, 5.74) is -1.20. The van der Waals surface area contributed by atoms with Crippen molar-refractivity contribution in [3.63, 3.8) is 0 Å². The van der Waals surface area contributed by atoms with Gasteiger partial charge >= 0.3 is 5.43 Å². The van der Waals surface area contributed by atoms with E-state index in [4.69, 9.17) is 0 Å². The summed E-state index contributed by atoms with van der Waals surface area (Å²) in [4.78, 5) is 9.82. The standard InChI is InChI=1S/C5H7ClF2O2/c1-2-5(7,8)3-10-4(6)9/h2-3H2,1H3. The lowest BCUT2D eigenvalue weighted by molar-refractivity contribution is -0.0528. The van der Waals surface area contributed by atoms with Crippen LogP contribution in [0.1, 0.15) is 13.3 Å². The quantitative estimate of drug-likeness (QED) is 0.611. The molecule has 0 amide bonds. The molecule has 2 nitrogen and oxygen atoms in total. The van der Waals surface area contributed by atoms with E-state index in [2.05, 4.69) is 16.3 Å². The van der Waals surface area contributed by atoms with Crippen LogP contribution >= 0.6 is 11.6 Å². The summed E-state index contributed by atoms with van der Waals surface area (Å²) in [5, 5.41) is 0. The Morgan fingerprint density at radius 2 is 2.20 bits per heavy atom. The summed E-state index contributed by atoms with van der Waals surface area (Å²) >= 11 is 4.65. The normalized spacial score (nSPS) is 11.2. The second-order valence-corrected chi connectivity index (χ2v) is 2.04. The van der Waals surface area contributed by atoms with Crippen LogP contribution in [0.3, 0.4) is 0 Å². The van der Waals surface area contributed by atoms with Gasteiger partial charge in [0.25, 0.3) is 5.92 Å². The minimum absolute atomic E-state index is 0.364. The van der Waals surface area contributed by atoms with Gasteiger partial charge < -0.3 is 4.74 Å².